The molecule has 0 unspecified atom stereocenters. The molecule has 156 valence electrons. The van der Waals surface area contributed by atoms with E-state index in [0.29, 0.717) is 16.7 Å². The number of hydrogen-bond acceptors (Lipinski definition) is 4. The molecular formula is C21H24ClFN2O3S. The van der Waals surface area contributed by atoms with Crippen LogP contribution in [-0.4, -0.2) is 31.6 Å². The van der Waals surface area contributed by atoms with E-state index in [1.165, 1.54) is 28.4 Å². The number of aryl methyl sites for hydroxylation is 1. The molecule has 1 aliphatic heterocycles. The molecule has 0 aliphatic carbocycles. The average molecular weight is 439 g/mol. The van der Waals surface area contributed by atoms with Gasteiger partial charge < -0.3 is 10.1 Å². The maximum atomic E-state index is 13.4. The van der Waals surface area contributed by atoms with Gasteiger partial charge in [-0.1, -0.05) is 13.0 Å². The summed E-state index contributed by atoms with van der Waals surface area (Å²) in [6.07, 6.45) is 4.09. The lowest BCUT2D eigenvalue weighted by atomic mass is 10.1. The summed E-state index contributed by atoms with van der Waals surface area (Å²) in [5, 5.41) is 3.84. The Morgan fingerprint density at radius 2 is 1.90 bits per heavy atom. The summed E-state index contributed by atoms with van der Waals surface area (Å²) in [4.78, 5) is 0.162. The Morgan fingerprint density at radius 1 is 1.14 bits per heavy atom. The summed E-state index contributed by atoms with van der Waals surface area (Å²) < 4.78 is 47.3. The van der Waals surface area contributed by atoms with Crippen molar-refractivity contribution < 1.29 is 17.5 Å². The Kier molecular flexibility index (Phi) is 6.51. The van der Waals surface area contributed by atoms with Crippen LogP contribution in [-0.2, 0) is 16.4 Å². The van der Waals surface area contributed by atoms with Crippen molar-refractivity contribution in [2.75, 3.05) is 13.1 Å². The molecule has 1 saturated heterocycles. The van der Waals surface area contributed by atoms with Gasteiger partial charge in [-0.05, 0) is 68.2 Å². The van der Waals surface area contributed by atoms with E-state index >= 15 is 0 Å². The van der Waals surface area contributed by atoms with Gasteiger partial charge in [0, 0.05) is 17.6 Å². The topological polar surface area (TPSA) is 60.3 Å². The van der Waals surface area contributed by atoms with Crippen LogP contribution in [0.2, 0.25) is 0 Å². The number of benzene rings is 2. The number of rotatable bonds is 5. The van der Waals surface area contributed by atoms with E-state index in [1.54, 1.807) is 18.2 Å². The quantitative estimate of drug-likeness (QED) is 0.650. The Morgan fingerprint density at radius 3 is 2.62 bits per heavy atom. The fraction of sp³-hybridized carbons (Fsp3) is 0.333. The number of nitrogens with one attached hydrogen (secondary N) is 1. The smallest absolute Gasteiger partial charge is 0.268 e. The molecule has 8 heteroatoms. The largest absolute Gasteiger partial charge is 0.490 e. The molecule has 5 nitrogen and oxygen atoms in total. The molecular weight excluding hydrogens is 415 g/mol. The van der Waals surface area contributed by atoms with E-state index < -0.39 is 15.8 Å². The Bertz CT molecular complexity index is 1110. The Hall–Kier alpha value is -2.09. The third-order valence-electron chi connectivity index (χ3n) is 5.17. The van der Waals surface area contributed by atoms with Crippen LogP contribution in [0.4, 0.5) is 4.39 Å². The van der Waals surface area contributed by atoms with Crippen molar-refractivity contribution in [1.82, 2.24) is 9.29 Å². The summed E-state index contributed by atoms with van der Waals surface area (Å²) in [5.41, 5.74) is 1.43. The summed E-state index contributed by atoms with van der Waals surface area (Å²) in [5.74, 6) is 0.227. The first-order chi connectivity index (χ1) is 13.5. The molecule has 1 aromatic heterocycles. The molecule has 0 saturated carbocycles. The second-order valence-electron chi connectivity index (χ2n) is 7.01. The second-order valence-corrected chi connectivity index (χ2v) is 8.82. The maximum absolute atomic E-state index is 13.4. The standard InChI is InChI=1S/C21H23FN2O3S.ClH/c1-2-15-3-5-19(14-21(15)27-18-7-10-23-11-8-18)28(25,26)24-12-9-16-13-17(22)4-6-20(16)24;/h3-6,9,12-14,18,23H,2,7-8,10-11H2,1H3;1H. The van der Waals surface area contributed by atoms with E-state index in [9.17, 15) is 12.8 Å². The molecule has 0 bridgehead atoms. The number of piperidine rings is 1. The van der Waals surface area contributed by atoms with E-state index in [1.807, 2.05) is 13.0 Å². The normalized spacial score (nSPS) is 15.2. The van der Waals surface area contributed by atoms with Gasteiger partial charge in [0.05, 0.1) is 10.4 Å². The number of ether oxygens (including phenoxy) is 1. The second kappa shape index (κ2) is 8.73. The molecule has 1 N–H and O–H groups in total. The van der Waals surface area contributed by atoms with E-state index in [4.69, 9.17) is 4.74 Å². The summed E-state index contributed by atoms with van der Waals surface area (Å²) in [7, 11) is -3.82. The van der Waals surface area contributed by atoms with Crippen LogP contribution in [0.5, 0.6) is 5.75 Å². The van der Waals surface area contributed by atoms with Crippen LogP contribution in [0.15, 0.2) is 53.6 Å². The number of nitrogens with zero attached hydrogens (tertiary/aromatic N) is 1. The van der Waals surface area contributed by atoms with Gasteiger partial charge in [0.25, 0.3) is 10.0 Å². The van der Waals surface area contributed by atoms with Crippen molar-refractivity contribution in [2.45, 2.75) is 37.2 Å². The zero-order valence-corrected chi connectivity index (χ0v) is 17.7. The zero-order valence-electron chi connectivity index (χ0n) is 16.1. The first-order valence-electron chi connectivity index (χ1n) is 9.51. The van der Waals surface area contributed by atoms with Crippen LogP contribution in [0.1, 0.15) is 25.3 Å². The number of fused-ring (bicyclic) bond motifs is 1. The predicted molar refractivity (Wildman–Crippen MR) is 114 cm³/mol. The lowest BCUT2D eigenvalue weighted by Gasteiger charge is -2.25. The lowest BCUT2D eigenvalue weighted by molar-refractivity contribution is 0.160. The molecule has 4 rings (SSSR count). The fourth-order valence-electron chi connectivity index (χ4n) is 3.60. The van der Waals surface area contributed by atoms with Crippen molar-refractivity contribution >= 4 is 33.3 Å². The number of hydrogen-bond donors (Lipinski definition) is 1. The molecule has 0 atom stereocenters. The molecule has 0 spiro atoms. The Balaban J connectivity index is 0.00000240. The van der Waals surface area contributed by atoms with Gasteiger partial charge in [-0.15, -0.1) is 12.4 Å². The van der Waals surface area contributed by atoms with Gasteiger partial charge in [0.15, 0.2) is 0 Å². The van der Waals surface area contributed by atoms with Crippen molar-refractivity contribution in [3.8, 4) is 5.75 Å². The fourth-order valence-corrected chi connectivity index (χ4v) is 4.97. The molecule has 0 amide bonds. The first kappa shape index (κ1) is 21.6. The molecule has 3 aromatic rings. The maximum Gasteiger partial charge on any atom is 0.268 e. The number of halogens is 2. The zero-order chi connectivity index (χ0) is 19.7. The highest BCUT2D eigenvalue weighted by Crippen LogP contribution is 2.29. The first-order valence-corrected chi connectivity index (χ1v) is 11.0. The molecule has 1 aliphatic rings. The van der Waals surface area contributed by atoms with Crippen molar-refractivity contribution in [3.05, 3.63) is 60.0 Å². The van der Waals surface area contributed by atoms with Gasteiger partial charge in [-0.25, -0.2) is 16.8 Å². The van der Waals surface area contributed by atoms with E-state index in [0.717, 1.165) is 37.9 Å². The van der Waals surface area contributed by atoms with E-state index in [-0.39, 0.29) is 23.4 Å². The van der Waals surface area contributed by atoms with Gasteiger partial charge in [0.1, 0.15) is 17.7 Å². The Labute approximate surface area is 176 Å². The average Bonchev–Trinajstić information content (AvgIpc) is 3.12. The minimum Gasteiger partial charge on any atom is -0.490 e. The van der Waals surface area contributed by atoms with Crippen molar-refractivity contribution in [1.29, 1.82) is 0 Å². The molecule has 2 heterocycles. The highest BCUT2D eigenvalue weighted by molar-refractivity contribution is 7.90. The lowest BCUT2D eigenvalue weighted by Crippen LogP contribution is -2.34. The summed E-state index contributed by atoms with van der Waals surface area (Å²) in [6, 6.07) is 10.7. The van der Waals surface area contributed by atoms with Crippen LogP contribution in [0.25, 0.3) is 10.9 Å². The van der Waals surface area contributed by atoms with Crippen LogP contribution in [0, 0.1) is 5.82 Å². The number of aromatic nitrogens is 1. The third-order valence-corrected chi connectivity index (χ3v) is 6.86. The van der Waals surface area contributed by atoms with Crippen LogP contribution < -0.4 is 10.1 Å². The molecule has 2 aromatic carbocycles. The minimum absolute atomic E-state index is 0. The summed E-state index contributed by atoms with van der Waals surface area (Å²) in [6.45, 7) is 3.82. The van der Waals surface area contributed by atoms with Gasteiger partial charge in [0.2, 0.25) is 0 Å². The van der Waals surface area contributed by atoms with Gasteiger partial charge >= 0.3 is 0 Å². The molecule has 1 fully saturated rings. The van der Waals surface area contributed by atoms with Crippen molar-refractivity contribution in [3.63, 3.8) is 0 Å². The van der Waals surface area contributed by atoms with Gasteiger partial charge in [-0.3, -0.25) is 0 Å². The molecule has 0 radical (unpaired) electrons. The van der Waals surface area contributed by atoms with Gasteiger partial charge in [-0.2, -0.15) is 0 Å². The SMILES string of the molecule is CCc1ccc(S(=O)(=O)n2ccc3cc(F)ccc32)cc1OC1CCNCC1.Cl. The van der Waals surface area contributed by atoms with E-state index in [2.05, 4.69) is 5.32 Å². The highest BCUT2D eigenvalue weighted by Gasteiger charge is 2.22. The predicted octanol–water partition coefficient (Wildman–Crippen LogP) is 4.13. The monoisotopic (exact) mass is 438 g/mol. The minimum atomic E-state index is -3.82. The summed E-state index contributed by atoms with van der Waals surface area (Å²) >= 11 is 0. The van der Waals surface area contributed by atoms with Crippen molar-refractivity contribution in [2.24, 2.45) is 0 Å². The van der Waals surface area contributed by atoms with Crippen LogP contribution >= 0.6 is 12.4 Å². The highest BCUT2D eigenvalue weighted by atomic mass is 35.5. The van der Waals surface area contributed by atoms with Crippen LogP contribution in [0.3, 0.4) is 0 Å². The molecule has 29 heavy (non-hydrogen) atoms. The third kappa shape index (κ3) is 4.27.